The summed E-state index contributed by atoms with van der Waals surface area (Å²) in [5.74, 6) is -0.0611. The SMILES string of the molecule is CCCC(C#N)(CCC)C(=O)NCC1(SC)CC1. The molecule has 0 heterocycles. The molecule has 1 rings (SSSR count). The lowest BCUT2D eigenvalue weighted by molar-refractivity contribution is -0.128. The number of rotatable bonds is 8. The predicted molar refractivity (Wildman–Crippen MR) is 76.4 cm³/mol. The number of nitriles is 1. The Morgan fingerprint density at radius 3 is 2.28 bits per heavy atom. The van der Waals surface area contributed by atoms with Crippen LogP contribution in [0.15, 0.2) is 0 Å². The summed E-state index contributed by atoms with van der Waals surface area (Å²) in [6, 6.07) is 2.27. The molecule has 18 heavy (non-hydrogen) atoms. The monoisotopic (exact) mass is 268 g/mol. The first-order chi connectivity index (χ1) is 8.58. The third-order valence-corrected chi connectivity index (χ3v) is 5.23. The van der Waals surface area contributed by atoms with E-state index in [0.29, 0.717) is 19.4 Å². The molecule has 4 heteroatoms. The standard InChI is InChI=1S/C14H24N2OS/c1-4-6-13(10-15,7-5-2)12(17)16-11-14(18-3)8-9-14/h4-9,11H2,1-3H3,(H,16,17). The highest BCUT2D eigenvalue weighted by atomic mass is 32.2. The van der Waals surface area contributed by atoms with Crippen LogP contribution in [0.4, 0.5) is 0 Å². The van der Waals surface area contributed by atoms with E-state index in [-0.39, 0.29) is 10.7 Å². The Balaban J connectivity index is 2.61. The van der Waals surface area contributed by atoms with Gasteiger partial charge in [-0.3, -0.25) is 4.79 Å². The van der Waals surface area contributed by atoms with Gasteiger partial charge in [0.2, 0.25) is 5.91 Å². The zero-order valence-corrected chi connectivity index (χ0v) is 12.5. The van der Waals surface area contributed by atoms with Gasteiger partial charge in [-0.1, -0.05) is 26.7 Å². The molecule has 102 valence electrons. The minimum absolute atomic E-state index is 0.0611. The summed E-state index contributed by atoms with van der Waals surface area (Å²) >= 11 is 1.83. The molecule has 0 bridgehead atoms. The Morgan fingerprint density at radius 1 is 1.39 bits per heavy atom. The molecule has 1 saturated carbocycles. The first-order valence-corrected chi connectivity index (χ1v) is 8.05. The minimum atomic E-state index is -0.808. The van der Waals surface area contributed by atoms with Crippen molar-refractivity contribution in [2.24, 2.45) is 5.41 Å². The number of carbonyl (C=O) groups excluding carboxylic acids is 1. The summed E-state index contributed by atoms with van der Waals surface area (Å²) in [6.45, 7) is 4.77. The normalized spacial score (nSPS) is 17.0. The molecule has 1 amide bonds. The third-order valence-electron chi connectivity index (χ3n) is 3.81. The molecule has 1 N–H and O–H groups in total. The summed E-state index contributed by atoms with van der Waals surface area (Å²) in [4.78, 5) is 12.3. The van der Waals surface area contributed by atoms with Crippen LogP contribution in [-0.4, -0.2) is 23.5 Å². The van der Waals surface area contributed by atoms with Crippen molar-refractivity contribution in [1.29, 1.82) is 5.26 Å². The largest absolute Gasteiger partial charge is 0.353 e. The highest BCUT2D eigenvalue weighted by Crippen LogP contribution is 2.46. The van der Waals surface area contributed by atoms with Gasteiger partial charge in [0, 0.05) is 11.3 Å². The molecule has 0 aromatic heterocycles. The highest BCUT2D eigenvalue weighted by Gasteiger charge is 2.44. The molecule has 0 aliphatic heterocycles. The average molecular weight is 268 g/mol. The zero-order valence-electron chi connectivity index (χ0n) is 11.7. The molecule has 0 unspecified atom stereocenters. The summed E-state index contributed by atoms with van der Waals surface area (Å²) < 4.78 is 0.259. The Labute approximate surface area is 115 Å². The molecule has 0 aromatic carbocycles. The van der Waals surface area contributed by atoms with Crippen molar-refractivity contribution in [3.05, 3.63) is 0 Å². The van der Waals surface area contributed by atoms with Crippen molar-refractivity contribution in [3.8, 4) is 6.07 Å². The lowest BCUT2D eigenvalue weighted by Crippen LogP contribution is -2.43. The van der Waals surface area contributed by atoms with Gasteiger partial charge >= 0.3 is 0 Å². The predicted octanol–water partition coefficient (Wildman–Crippen LogP) is 3.11. The first-order valence-electron chi connectivity index (χ1n) is 6.83. The van der Waals surface area contributed by atoms with E-state index in [2.05, 4.69) is 17.6 Å². The van der Waals surface area contributed by atoms with E-state index in [1.165, 1.54) is 12.8 Å². The van der Waals surface area contributed by atoms with Gasteiger partial charge in [-0.2, -0.15) is 17.0 Å². The van der Waals surface area contributed by atoms with Gasteiger partial charge < -0.3 is 5.32 Å². The van der Waals surface area contributed by atoms with Gasteiger partial charge in [0.1, 0.15) is 5.41 Å². The van der Waals surface area contributed by atoms with Gasteiger partial charge in [-0.05, 0) is 31.9 Å². The molecule has 0 spiro atoms. The summed E-state index contributed by atoms with van der Waals surface area (Å²) in [5.41, 5.74) is -0.808. The Bertz CT molecular complexity index is 325. The molecule has 1 fully saturated rings. The van der Waals surface area contributed by atoms with Crippen molar-refractivity contribution in [3.63, 3.8) is 0 Å². The first kappa shape index (κ1) is 15.4. The van der Waals surface area contributed by atoms with E-state index >= 15 is 0 Å². The second-order valence-electron chi connectivity index (χ2n) is 5.26. The smallest absolute Gasteiger partial charge is 0.240 e. The maximum atomic E-state index is 12.3. The summed E-state index contributed by atoms with van der Waals surface area (Å²) in [6.07, 6.45) is 7.51. The topological polar surface area (TPSA) is 52.9 Å². The van der Waals surface area contributed by atoms with E-state index in [4.69, 9.17) is 0 Å². The van der Waals surface area contributed by atoms with E-state index in [9.17, 15) is 10.1 Å². The Hall–Kier alpha value is -0.690. The zero-order chi connectivity index (χ0) is 13.6. The van der Waals surface area contributed by atoms with Crippen LogP contribution in [-0.2, 0) is 4.79 Å². The second-order valence-corrected chi connectivity index (χ2v) is 6.54. The minimum Gasteiger partial charge on any atom is -0.353 e. The number of carbonyl (C=O) groups is 1. The van der Waals surface area contributed by atoms with Crippen molar-refractivity contribution in [2.75, 3.05) is 12.8 Å². The Morgan fingerprint density at radius 2 is 1.94 bits per heavy atom. The molecule has 1 aliphatic carbocycles. The molecular weight excluding hydrogens is 244 g/mol. The van der Waals surface area contributed by atoms with Crippen LogP contribution in [0.2, 0.25) is 0 Å². The maximum absolute atomic E-state index is 12.3. The average Bonchev–Trinajstić information content (AvgIpc) is 3.16. The molecule has 0 radical (unpaired) electrons. The van der Waals surface area contributed by atoms with Crippen molar-refractivity contribution < 1.29 is 4.79 Å². The molecular formula is C14H24N2OS. The fourth-order valence-electron chi connectivity index (χ4n) is 2.37. The number of thioether (sulfide) groups is 1. The number of nitrogens with one attached hydrogen (secondary N) is 1. The van der Waals surface area contributed by atoms with Crippen LogP contribution in [0.1, 0.15) is 52.4 Å². The van der Waals surface area contributed by atoms with Gasteiger partial charge in [0.25, 0.3) is 0 Å². The van der Waals surface area contributed by atoms with Gasteiger partial charge in [0.15, 0.2) is 0 Å². The van der Waals surface area contributed by atoms with Crippen LogP contribution in [0.25, 0.3) is 0 Å². The third kappa shape index (κ3) is 3.41. The van der Waals surface area contributed by atoms with Crippen LogP contribution in [0, 0.1) is 16.7 Å². The van der Waals surface area contributed by atoms with Crippen molar-refractivity contribution in [1.82, 2.24) is 5.32 Å². The molecule has 0 saturated heterocycles. The highest BCUT2D eigenvalue weighted by molar-refractivity contribution is 8.00. The fraction of sp³-hybridized carbons (Fsp3) is 0.857. The number of hydrogen-bond acceptors (Lipinski definition) is 3. The van der Waals surface area contributed by atoms with Gasteiger partial charge in [0.05, 0.1) is 6.07 Å². The van der Waals surface area contributed by atoms with Gasteiger partial charge in [-0.15, -0.1) is 0 Å². The second kappa shape index (κ2) is 6.47. The van der Waals surface area contributed by atoms with Crippen molar-refractivity contribution in [2.45, 2.75) is 57.1 Å². The Kier molecular flexibility index (Phi) is 5.52. The summed E-state index contributed by atoms with van der Waals surface area (Å²) in [5, 5.41) is 12.4. The number of amides is 1. The van der Waals surface area contributed by atoms with E-state index in [1.807, 2.05) is 25.6 Å². The van der Waals surface area contributed by atoms with Crippen LogP contribution in [0.5, 0.6) is 0 Å². The fourth-order valence-corrected chi connectivity index (χ4v) is 3.10. The number of nitrogens with zero attached hydrogens (tertiary/aromatic N) is 1. The van der Waals surface area contributed by atoms with Crippen molar-refractivity contribution >= 4 is 17.7 Å². The van der Waals surface area contributed by atoms with Crippen LogP contribution in [0.3, 0.4) is 0 Å². The lowest BCUT2D eigenvalue weighted by atomic mass is 9.80. The van der Waals surface area contributed by atoms with E-state index < -0.39 is 5.41 Å². The molecule has 0 aromatic rings. The number of hydrogen-bond donors (Lipinski definition) is 1. The van der Waals surface area contributed by atoms with Crippen LogP contribution < -0.4 is 5.32 Å². The molecule has 3 nitrogen and oxygen atoms in total. The van der Waals surface area contributed by atoms with E-state index in [0.717, 1.165) is 12.8 Å². The lowest BCUT2D eigenvalue weighted by Gasteiger charge is -2.25. The van der Waals surface area contributed by atoms with Crippen LogP contribution >= 0.6 is 11.8 Å². The maximum Gasteiger partial charge on any atom is 0.240 e. The summed E-state index contributed by atoms with van der Waals surface area (Å²) in [7, 11) is 0. The molecule has 0 atom stereocenters. The van der Waals surface area contributed by atoms with Gasteiger partial charge in [-0.25, -0.2) is 0 Å². The molecule has 1 aliphatic rings. The van der Waals surface area contributed by atoms with E-state index in [1.54, 1.807) is 0 Å². The quantitative estimate of drug-likeness (QED) is 0.736.